The van der Waals surface area contributed by atoms with E-state index < -0.39 is 18.5 Å². The van der Waals surface area contributed by atoms with Crippen LogP contribution in [-0.2, 0) is 20.7 Å². The van der Waals surface area contributed by atoms with Crippen LogP contribution in [0.1, 0.15) is 34.5 Å². The van der Waals surface area contributed by atoms with Gasteiger partial charge in [-0.2, -0.15) is 0 Å². The van der Waals surface area contributed by atoms with Crippen molar-refractivity contribution >= 4 is 23.5 Å². The Kier molecular flexibility index (Phi) is 7.62. The first-order valence-corrected chi connectivity index (χ1v) is 11.3. The molecule has 8 heteroatoms. The van der Waals surface area contributed by atoms with E-state index in [1.165, 1.54) is 0 Å². The van der Waals surface area contributed by atoms with Gasteiger partial charge in [-0.15, -0.1) is 0 Å². The largest absolute Gasteiger partial charge is 0.486 e. The molecule has 3 aromatic rings. The summed E-state index contributed by atoms with van der Waals surface area (Å²) in [6.07, 6.45) is -0.0136. The van der Waals surface area contributed by atoms with Crippen molar-refractivity contribution in [2.45, 2.75) is 19.4 Å². The quantitative estimate of drug-likeness (QED) is 0.483. The Labute approximate surface area is 203 Å². The van der Waals surface area contributed by atoms with Crippen LogP contribution in [0.5, 0.6) is 11.5 Å². The molecule has 0 saturated carbocycles. The number of rotatable bonds is 8. The first kappa shape index (κ1) is 23.8. The molecule has 4 rings (SSSR count). The Hall–Kier alpha value is -4.33. The fourth-order valence-electron chi connectivity index (χ4n) is 3.64. The second-order valence-corrected chi connectivity index (χ2v) is 8.02. The second-order valence-electron chi connectivity index (χ2n) is 8.02. The highest BCUT2D eigenvalue weighted by Gasteiger charge is 2.18. The molecular formula is C27H26N2O6. The summed E-state index contributed by atoms with van der Waals surface area (Å²) in [5.74, 6) is -0.214. The number of hydrogen-bond donors (Lipinski definition) is 2. The topological polar surface area (TPSA) is 103 Å². The summed E-state index contributed by atoms with van der Waals surface area (Å²) in [5.41, 5.74) is 2.30. The van der Waals surface area contributed by atoms with E-state index in [2.05, 4.69) is 10.6 Å². The molecule has 1 atom stereocenters. The number of anilines is 1. The Balaban J connectivity index is 1.30. The smallest absolute Gasteiger partial charge is 0.310 e. The molecule has 0 spiro atoms. The van der Waals surface area contributed by atoms with E-state index in [1.807, 2.05) is 37.3 Å². The zero-order valence-electron chi connectivity index (χ0n) is 19.3. The first-order chi connectivity index (χ1) is 17.0. The van der Waals surface area contributed by atoms with E-state index in [0.717, 1.165) is 5.56 Å². The van der Waals surface area contributed by atoms with Crippen molar-refractivity contribution in [1.29, 1.82) is 0 Å². The minimum atomic E-state index is -0.556. The number of hydrogen-bond acceptors (Lipinski definition) is 6. The van der Waals surface area contributed by atoms with Gasteiger partial charge in [0.25, 0.3) is 11.8 Å². The molecule has 1 unspecified atom stereocenters. The van der Waals surface area contributed by atoms with Gasteiger partial charge in [-0.3, -0.25) is 14.4 Å². The summed E-state index contributed by atoms with van der Waals surface area (Å²) < 4.78 is 16.1. The molecule has 0 bridgehead atoms. The van der Waals surface area contributed by atoms with Gasteiger partial charge in [0, 0.05) is 0 Å². The third-order valence-electron chi connectivity index (χ3n) is 5.41. The number of carbonyl (C=O) groups excluding carboxylic acids is 3. The number of para-hydroxylation sites is 1. The highest BCUT2D eigenvalue weighted by molar-refractivity contribution is 6.04. The predicted octanol–water partition coefficient (Wildman–Crippen LogP) is 3.67. The zero-order valence-corrected chi connectivity index (χ0v) is 19.3. The molecule has 35 heavy (non-hydrogen) atoms. The summed E-state index contributed by atoms with van der Waals surface area (Å²) in [5, 5.41) is 5.58. The number of ether oxygens (including phenoxy) is 3. The molecule has 0 saturated heterocycles. The molecule has 0 aliphatic carbocycles. The van der Waals surface area contributed by atoms with Gasteiger partial charge in [0.2, 0.25) is 0 Å². The molecule has 8 nitrogen and oxygen atoms in total. The number of fused-ring (bicyclic) bond motifs is 1. The molecule has 180 valence electrons. The fraction of sp³-hybridized carbons (Fsp3) is 0.222. The van der Waals surface area contributed by atoms with Crippen LogP contribution in [0.4, 0.5) is 5.69 Å². The lowest BCUT2D eigenvalue weighted by molar-refractivity contribution is -0.146. The van der Waals surface area contributed by atoms with E-state index in [4.69, 9.17) is 14.2 Å². The number of amides is 2. The van der Waals surface area contributed by atoms with Crippen molar-refractivity contribution in [2.24, 2.45) is 0 Å². The van der Waals surface area contributed by atoms with Crippen molar-refractivity contribution < 1.29 is 28.6 Å². The molecule has 3 aromatic carbocycles. The Morgan fingerprint density at radius 3 is 2.43 bits per heavy atom. The van der Waals surface area contributed by atoms with E-state index in [9.17, 15) is 14.4 Å². The molecule has 1 heterocycles. The molecule has 1 aliphatic heterocycles. The number of benzene rings is 3. The van der Waals surface area contributed by atoms with Crippen LogP contribution in [0.25, 0.3) is 0 Å². The summed E-state index contributed by atoms with van der Waals surface area (Å²) in [4.78, 5) is 37.5. The van der Waals surface area contributed by atoms with Gasteiger partial charge in [-0.25, -0.2) is 0 Å². The second kappa shape index (κ2) is 11.2. The SMILES string of the molecule is CC(NC(=O)c1ccccc1NC(=O)COC(=O)Cc1ccc2c(c1)OCCO2)c1ccccc1. The van der Waals surface area contributed by atoms with Crippen molar-refractivity contribution in [3.05, 3.63) is 89.5 Å². The molecule has 2 N–H and O–H groups in total. The molecule has 0 aromatic heterocycles. The number of esters is 1. The third kappa shape index (κ3) is 6.38. The summed E-state index contributed by atoms with van der Waals surface area (Å²) >= 11 is 0. The minimum Gasteiger partial charge on any atom is -0.486 e. The zero-order chi connectivity index (χ0) is 24.6. The van der Waals surface area contributed by atoms with Gasteiger partial charge < -0.3 is 24.8 Å². The van der Waals surface area contributed by atoms with Gasteiger partial charge in [0.1, 0.15) is 13.2 Å². The van der Waals surface area contributed by atoms with Crippen LogP contribution in [0.2, 0.25) is 0 Å². The minimum absolute atomic E-state index is 0.0136. The number of carbonyl (C=O) groups is 3. The van der Waals surface area contributed by atoms with Gasteiger partial charge in [-0.05, 0) is 42.3 Å². The van der Waals surface area contributed by atoms with Gasteiger partial charge >= 0.3 is 5.97 Å². The van der Waals surface area contributed by atoms with Crippen molar-refractivity contribution in [2.75, 3.05) is 25.1 Å². The van der Waals surface area contributed by atoms with Crippen LogP contribution in [0.15, 0.2) is 72.8 Å². The maximum atomic E-state index is 12.8. The van der Waals surface area contributed by atoms with Crippen LogP contribution in [0, 0.1) is 0 Å². The highest BCUT2D eigenvalue weighted by atomic mass is 16.6. The normalized spacial score (nSPS) is 12.8. The summed E-state index contributed by atoms with van der Waals surface area (Å²) in [7, 11) is 0. The average Bonchev–Trinajstić information content (AvgIpc) is 2.88. The first-order valence-electron chi connectivity index (χ1n) is 11.3. The predicted molar refractivity (Wildman–Crippen MR) is 129 cm³/mol. The number of nitrogens with one attached hydrogen (secondary N) is 2. The van der Waals surface area contributed by atoms with Crippen molar-refractivity contribution in [3.8, 4) is 11.5 Å². The lowest BCUT2D eigenvalue weighted by atomic mass is 10.1. The molecule has 0 fully saturated rings. The Morgan fingerprint density at radius 2 is 1.63 bits per heavy atom. The lowest BCUT2D eigenvalue weighted by Gasteiger charge is -2.18. The third-order valence-corrected chi connectivity index (χ3v) is 5.41. The average molecular weight is 475 g/mol. The monoisotopic (exact) mass is 474 g/mol. The Bertz CT molecular complexity index is 1210. The fourth-order valence-corrected chi connectivity index (χ4v) is 3.64. The maximum absolute atomic E-state index is 12.8. The van der Waals surface area contributed by atoms with Crippen LogP contribution < -0.4 is 20.1 Å². The van der Waals surface area contributed by atoms with Crippen LogP contribution in [0.3, 0.4) is 0 Å². The molecular weight excluding hydrogens is 448 g/mol. The van der Waals surface area contributed by atoms with Gasteiger partial charge in [0.15, 0.2) is 18.1 Å². The van der Waals surface area contributed by atoms with E-state index in [-0.39, 0.29) is 18.4 Å². The van der Waals surface area contributed by atoms with Crippen molar-refractivity contribution in [3.63, 3.8) is 0 Å². The highest BCUT2D eigenvalue weighted by Crippen LogP contribution is 2.30. The van der Waals surface area contributed by atoms with Crippen LogP contribution >= 0.6 is 0 Å². The van der Waals surface area contributed by atoms with Crippen molar-refractivity contribution in [1.82, 2.24) is 5.32 Å². The summed E-state index contributed by atoms with van der Waals surface area (Å²) in [6, 6.07) is 21.2. The van der Waals surface area contributed by atoms with E-state index >= 15 is 0 Å². The molecule has 0 radical (unpaired) electrons. The summed E-state index contributed by atoms with van der Waals surface area (Å²) in [6.45, 7) is 2.35. The molecule has 2 amide bonds. The maximum Gasteiger partial charge on any atom is 0.310 e. The van der Waals surface area contributed by atoms with Gasteiger partial charge in [0.05, 0.1) is 23.7 Å². The molecule has 1 aliphatic rings. The van der Waals surface area contributed by atoms with E-state index in [1.54, 1.807) is 42.5 Å². The standard InChI is InChI=1S/C27H26N2O6/c1-18(20-7-3-2-4-8-20)28-27(32)21-9-5-6-10-22(21)29-25(30)17-35-26(31)16-19-11-12-23-24(15-19)34-14-13-33-23/h2-12,15,18H,13-14,16-17H2,1H3,(H,28,32)(H,29,30). The lowest BCUT2D eigenvalue weighted by Crippen LogP contribution is -2.28. The Morgan fingerprint density at radius 1 is 0.914 bits per heavy atom. The van der Waals surface area contributed by atoms with Gasteiger partial charge in [-0.1, -0.05) is 48.5 Å². The van der Waals surface area contributed by atoms with E-state index in [0.29, 0.717) is 41.5 Å². The van der Waals surface area contributed by atoms with Crippen LogP contribution in [-0.4, -0.2) is 37.6 Å².